The normalized spacial score (nSPS) is 17.6. The molecule has 1 aromatic rings. The maximum Gasteiger partial charge on any atom is 0.253 e. The second kappa shape index (κ2) is 6.02. The van der Waals surface area contributed by atoms with E-state index in [0.29, 0.717) is 31.5 Å². The van der Waals surface area contributed by atoms with Gasteiger partial charge in [-0.25, -0.2) is 4.39 Å². The molecule has 0 aliphatic carbocycles. The summed E-state index contributed by atoms with van der Waals surface area (Å²) in [6.07, 6.45) is 3.21. The molecule has 0 unspecified atom stereocenters. The third-order valence-electron chi connectivity index (χ3n) is 3.62. The van der Waals surface area contributed by atoms with Gasteiger partial charge >= 0.3 is 0 Å². The number of thioether (sulfide) groups is 1. The van der Waals surface area contributed by atoms with Crippen molar-refractivity contribution in [2.45, 2.75) is 17.6 Å². The zero-order valence-electron chi connectivity index (χ0n) is 11.0. The number of nitriles is 1. The van der Waals surface area contributed by atoms with Crippen LogP contribution in [0.2, 0.25) is 5.02 Å². The van der Waals surface area contributed by atoms with E-state index in [2.05, 4.69) is 6.07 Å². The molecule has 0 radical (unpaired) electrons. The molecule has 1 aliphatic heterocycles. The third kappa shape index (κ3) is 2.92. The molecular formula is C14H14ClFN2OS. The predicted octanol–water partition coefficient (Wildman–Crippen LogP) is 3.34. The zero-order chi connectivity index (χ0) is 14.8. The van der Waals surface area contributed by atoms with Crippen LogP contribution in [0.4, 0.5) is 4.39 Å². The molecule has 0 spiro atoms. The summed E-state index contributed by atoms with van der Waals surface area (Å²) in [5, 5.41) is 9.16. The van der Waals surface area contributed by atoms with Crippen LogP contribution in [0.3, 0.4) is 0 Å². The van der Waals surface area contributed by atoms with Gasteiger partial charge in [0.25, 0.3) is 5.91 Å². The van der Waals surface area contributed by atoms with Crippen molar-refractivity contribution in [2.75, 3.05) is 19.3 Å². The monoisotopic (exact) mass is 312 g/mol. The van der Waals surface area contributed by atoms with Crippen molar-refractivity contribution in [3.05, 3.63) is 34.6 Å². The summed E-state index contributed by atoms with van der Waals surface area (Å²) in [5.41, 5.74) is 0.380. The molecular weight excluding hydrogens is 299 g/mol. The topological polar surface area (TPSA) is 44.1 Å². The van der Waals surface area contributed by atoms with E-state index in [0.717, 1.165) is 0 Å². The maximum atomic E-state index is 13.1. The SMILES string of the molecule is CSC1(C#N)CCN(C(=O)c2ccc(F)c(Cl)c2)CC1. The largest absolute Gasteiger partial charge is 0.338 e. The number of halogens is 2. The second-order valence-electron chi connectivity index (χ2n) is 4.73. The Morgan fingerprint density at radius 3 is 2.65 bits per heavy atom. The molecule has 2 rings (SSSR count). The molecule has 1 aromatic carbocycles. The number of nitrogens with zero attached hydrogens (tertiary/aromatic N) is 2. The molecule has 0 atom stereocenters. The van der Waals surface area contributed by atoms with Crippen molar-refractivity contribution in [1.82, 2.24) is 4.90 Å². The lowest BCUT2D eigenvalue weighted by Crippen LogP contribution is -2.44. The van der Waals surface area contributed by atoms with E-state index in [9.17, 15) is 14.4 Å². The van der Waals surface area contributed by atoms with Crippen molar-refractivity contribution in [3.63, 3.8) is 0 Å². The van der Waals surface area contributed by atoms with Gasteiger partial charge in [0.2, 0.25) is 0 Å². The van der Waals surface area contributed by atoms with Crippen LogP contribution in [0.5, 0.6) is 0 Å². The Morgan fingerprint density at radius 2 is 2.15 bits per heavy atom. The molecule has 0 saturated carbocycles. The van der Waals surface area contributed by atoms with Crippen LogP contribution in [0, 0.1) is 17.1 Å². The van der Waals surface area contributed by atoms with E-state index >= 15 is 0 Å². The number of piperidine rings is 1. The van der Waals surface area contributed by atoms with Crippen molar-refractivity contribution in [2.24, 2.45) is 0 Å². The number of rotatable bonds is 2. The van der Waals surface area contributed by atoms with E-state index in [1.165, 1.54) is 30.0 Å². The van der Waals surface area contributed by atoms with Crippen molar-refractivity contribution < 1.29 is 9.18 Å². The highest BCUT2D eigenvalue weighted by molar-refractivity contribution is 8.00. The minimum Gasteiger partial charge on any atom is -0.338 e. The predicted molar refractivity (Wildman–Crippen MR) is 78.4 cm³/mol. The standard InChI is InChI=1S/C14H14ClFN2OS/c1-20-14(9-17)4-6-18(7-5-14)13(19)10-2-3-12(16)11(15)8-10/h2-3,8H,4-7H2,1H3. The molecule has 1 saturated heterocycles. The highest BCUT2D eigenvalue weighted by Crippen LogP contribution is 2.34. The van der Waals surface area contributed by atoms with Crippen molar-refractivity contribution in [1.29, 1.82) is 5.26 Å². The fraction of sp³-hybridized carbons (Fsp3) is 0.429. The van der Waals surface area contributed by atoms with Gasteiger partial charge in [0.1, 0.15) is 10.6 Å². The van der Waals surface area contributed by atoms with Crippen LogP contribution in [0.1, 0.15) is 23.2 Å². The first-order valence-electron chi connectivity index (χ1n) is 6.22. The summed E-state index contributed by atoms with van der Waals surface area (Å²) in [7, 11) is 0. The van der Waals surface area contributed by atoms with E-state index in [1.54, 1.807) is 4.90 Å². The summed E-state index contributed by atoms with van der Waals surface area (Å²) in [4.78, 5) is 14.0. The van der Waals surface area contributed by atoms with E-state index in [1.807, 2.05) is 6.26 Å². The average Bonchev–Trinajstić information content (AvgIpc) is 2.49. The van der Waals surface area contributed by atoms with E-state index in [-0.39, 0.29) is 10.9 Å². The first kappa shape index (κ1) is 15.1. The second-order valence-corrected chi connectivity index (χ2v) is 6.33. The molecule has 20 heavy (non-hydrogen) atoms. The maximum absolute atomic E-state index is 13.1. The summed E-state index contributed by atoms with van der Waals surface area (Å²) >= 11 is 7.23. The fourth-order valence-electron chi connectivity index (χ4n) is 2.24. The molecule has 1 fully saturated rings. The smallest absolute Gasteiger partial charge is 0.253 e. The summed E-state index contributed by atoms with van der Waals surface area (Å²) < 4.78 is 12.7. The number of carbonyl (C=O) groups is 1. The summed E-state index contributed by atoms with van der Waals surface area (Å²) in [6.45, 7) is 1.06. The van der Waals surface area contributed by atoms with Gasteiger partial charge < -0.3 is 4.90 Å². The molecule has 1 heterocycles. The Labute approximate surface area is 126 Å². The Hall–Kier alpha value is -1.25. The lowest BCUT2D eigenvalue weighted by atomic mass is 9.96. The Kier molecular flexibility index (Phi) is 4.56. The van der Waals surface area contributed by atoms with E-state index < -0.39 is 10.6 Å². The number of amides is 1. The van der Waals surface area contributed by atoms with Gasteiger partial charge in [0, 0.05) is 18.7 Å². The lowest BCUT2D eigenvalue weighted by molar-refractivity contribution is 0.0716. The molecule has 0 bridgehead atoms. The van der Waals surface area contributed by atoms with E-state index in [4.69, 9.17) is 11.6 Å². The van der Waals surface area contributed by atoms with Gasteiger partial charge in [-0.1, -0.05) is 11.6 Å². The minimum atomic E-state index is -0.534. The van der Waals surface area contributed by atoms with Crippen LogP contribution in [0.15, 0.2) is 18.2 Å². The number of likely N-dealkylation sites (tertiary alicyclic amines) is 1. The van der Waals surface area contributed by atoms with Gasteiger partial charge in [-0.3, -0.25) is 4.79 Å². The Morgan fingerprint density at radius 1 is 1.50 bits per heavy atom. The zero-order valence-corrected chi connectivity index (χ0v) is 12.6. The summed E-state index contributed by atoms with van der Waals surface area (Å²) in [6, 6.07) is 6.31. The van der Waals surface area contributed by atoms with Crippen molar-refractivity contribution in [3.8, 4) is 6.07 Å². The lowest BCUT2D eigenvalue weighted by Gasteiger charge is -2.36. The molecule has 1 amide bonds. The highest BCUT2D eigenvalue weighted by Gasteiger charge is 2.35. The van der Waals surface area contributed by atoms with Gasteiger partial charge in [0.05, 0.1) is 11.1 Å². The van der Waals surface area contributed by atoms with Crippen LogP contribution in [-0.2, 0) is 0 Å². The molecule has 1 aliphatic rings. The number of hydrogen-bond acceptors (Lipinski definition) is 3. The van der Waals surface area contributed by atoms with Crippen LogP contribution in [0.25, 0.3) is 0 Å². The molecule has 3 nitrogen and oxygen atoms in total. The minimum absolute atomic E-state index is 0.0525. The number of hydrogen-bond donors (Lipinski definition) is 0. The number of benzene rings is 1. The van der Waals surface area contributed by atoms with Crippen LogP contribution >= 0.6 is 23.4 Å². The fourth-order valence-corrected chi connectivity index (χ4v) is 3.11. The van der Waals surface area contributed by atoms with Gasteiger partial charge in [0.15, 0.2) is 0 Å². The highest BCUT2D eigenvalue weighted by atomic mass is 35.5. The number of carbonyl (C=O) groups excluding carboxylic acids is 1. The van der Waals surface area contributed by atoms with Crippen LogP contribution < -0.4 is 0 Å². The quantitative estimate of drug-likeness (QED) is 0.841. The van der Waals surface area contributed by atoms with Crippen molar-refractivity contribution >= 4 is 29.3 Å². The van der Waals surface area contributed by atoms with Gasteiger partial charge in [-0.15, -0.1) is 11.8 Å². The summed E-state index contributed by atoms with van der Waals surface area (Å²) in [5.74, 6) is -0.702. The molecule has 6 heteroatoms. The van der Waals surface area contributed by atoms with Gasteiger partial charge in [-0.2, -0.15) is 5.26 Å². The first-order chi connectivity index (χ1) is 9.51. The average molecular weight is 313 g/mol. The Bertz CT molecular complexity index is 565. The molecule has 106 valence electrons. The van der Waals surface area contributed by atoms with Gasteiger partial charge in [-0.05, 0) is 37.3 Å². The van der Waals surface area contributed by atoms with Crippen LogP contribution in [-0.4, -0.2) is 34.9 Å². The molecule has 0 aromatic heterocycles. The third-order valence-corrected chi connectivity index (χ3v) is 5.19. The Balaban J connectivity index is 2.09. The molecule has 0 N–H and O–H groups in total. The first-order valence-corrected chi connectivity index (χ1v) is 7.82.